The fraction of sp³-hybridized carbons (Fsp3) is 0.222. The van der Waals surface area contributed by atoms with Crippen LogP contribution in [0.2, 0.25) is 0 Å². The zero-order chi connectivity index (χ0) is 9.84. The van der Waals surface area contributed by atoms with Crippen LogP contribution in [0.5, 0.6) is 0 Å². The number of benzene rings is 1. The van der Waals surface area contributed by atoms with E-state index in [1.165, 1.54) is 7.11 Å². The van der Waals surface area contributed by atoms with Gasteiger partial charge in [-0.15, -0.1) is 0 Å². The van der Waals surface area contributed by atoms with Crippen molar-refractivity contribution < 1.29 is 9.53 Å². The van der Waals surface area contributed by atoms with Gasteiger partial charge in [-0.1, -0.05) is 33.5 Å². The van der Waals surface area contributed by atoms with Crippen LogP contribution in [0.25, 0.3) is 0 Å². The monoisotopic (exact) mass is 238 g/mol. The van der Waals surface area contributed by atoms with Crippen molar-refractivity contribution in [3.8, 4) is 0 Å². The first kappa shape index (κ1) is 10.3. The minimum Gasteiger partial charge on any atom is -0.465 e. The summed E-state index contributed by atoms with van der Waals surface area (Å²) in [6, 6.07) is 5.09. The maximum Gasteiger partial charge on any atom is 0.338 e. The Morgan fingerprint density at radius 1 is 1.62 bits per heavy atom. The average Bonchev–Trinajstić information content (AvgIpc) is 2.16. The van der Waals surface area contributed by atoms with E-state index >= 15 is 0 Å². The molecule has 1 aromatic carbocycles. The third-order valence-corrected chi connectivity index (χ3v) is 2.28. The van der Waals surface area contributed by atoms with Crippen molar-refractivity contribution in [2.24, 2.45) is 0 Å². The predicted molar refractivity (Wildman–Crippen MR) is 55.8 cm³/mol. The summed E-state index contributed by atoms with van der Waals surface area (Å²) >= 11 is 3.28. The maximum atomic E-state index is 11.2. The smallest absolute Gasteiger partial charge is 0.338 e. The molecule has 0 atom stereocenters. The number of halogens is 1. The second-order valence-corrected chi connectivity index (χ2v) is 3.10. The van der Waals surface area contributed by atoms with Gasteiger partial charge >= 0.3 is 5.97 Å². The fourth-order valence-electron chi connectivity index (χ4n) is 1.03. The van der Waals surface area contributed by atoms with Crippen LogP contribution in [0.4, 0.5) is 0 Å². The predicted octanol–water partition coefficient (Wildman–Crippen LogP) is 1.16. The summed E-state index contributed by atoms with van der Waals surface area (Å²) < 4.78 is 4.62. The van der Waals surface area contributed by atoms with Crippen LogP contribution >= 0.6 is 15.9 Å². The summed E-state index contributed by atoms with van der Waals surface area (Å²) in [5.74, 6) is -0.338. The molecule has 4 heteroatoms. The van der Waals surface area contributed by atoms with Crippen LogP contribution in [0, 0.1) is 0 Å². The molecule has 0 aliphatic carbocycles. The van der Waals surface area contributed by atoms with Gasteiger partial charge in [0.1, 0.15) is 7.85 Å². The van der Waals surface area contributed by atoms with Crippen LogP contribution in [0.1, 0.15) is 15.9 Å². The first-order valence-corrected chi connectivity index (χ1v) is 4.84. The fourth-order valence-corrected chi connectivity index (χ4v) is 1.50. The molecule has 2 radical (unpaired) electrons. The van der Waals surface area contributed by atoms with E-state index in [1.54, 1.807) is 18.2 Å². The van der Waals surface area contributed by atoms with Crippen molar-refractivity contribution in [3.63, 3.8) is 0 Å². The minimum atomic E-state index is -0.338. The number of hydrogen-bond donors (Lipinski definition) is 0. The third-order valence-electron chi connectivity index (χ3n) is 1.68. The normalized spacial score (nSPS) is 9.69. The number of esters is 1. The van der Waals surface area contributed by atoms with Crippen LogP contribution in [0.3, 0.4) is 0 Å². The Labute approximate surface area is 86.8 Å². The number of alkyl halides is 1. The minimum absolute atomic E-state index is 0.338. The van der Waals surface area contributed by atoms with Crippen molar-refractivity contribution in [1.82, 2.24) is 0 Å². The molecule has 66 valence electrons. The largest absolute Gasteiger partial charge is 0.465 e. The van der Waals surface area contributed by atoms with E-state index < -0.39 is 0 Å². The van der Waals surface area contributed by atoms with Crippen molar-refractivity contribution in [2.45, 2.75) is 5.33 Å². The molecule has 0 unspecified atom stereocenters. The average molecular weight is 239 g/mol. The highest BCUT2D eigenvalue weighted by molar-refractivity contribution is 9.08. The molecule has 0 N–H and O–H groups in total. The highest BCUT2D eigenvalue weighted by Gasteiger charge is 2.09. The number of methoxy groups -OCH3 is 1. The molecule has 2 nitrogen and oxygen atoms in total. The molecule has 0 amide bonds. The summed E-state index contributed by atoms with van der Waals surface area (Å²) in [5, 5.41) is 0.586. The molecule has 1 aromatic rings. The molecule has 0 saturated carbocycles. The molecule has 0 aromatic heterocycles. The molecule has 13 heavy (non-hydrogen) atoms. The maximum absolute atomic E-state index is 11.2. The second kappa shape index (κ2) is 4.47. The number of ether oxygens (including phenoxy) is 1. The Kier molecular flexibility index (Phi) is 3.54. The highest BCUT2D eigenvalue weighted by Crippen LogP contribution is 2.11. The van der Waals surface area contributed by atoms with Crippen molar-refractivity contribution >= 4 is 35.2 Å². The molecule has 0 fully saturated rings. The molecular weight excluding hydrogens is 231 g/mol. The van der Waals surface area contributed by atoms with Crippen molar-refractivity contribution in [2.75, 3.05) is 7.11 Å². The van der Waals surface area contributed by atoms with Crippen LogP contribution in [0.15, 0.2) is 18.2 Å². The van der Waals surface area contributed by atoms with Gasteiger partial charge in [-0.05, 0) is 11.6 Å². The van der Waals surface area contributed by atoms with E-state index in [-0.39, 0.29) is 5.97 Å². The van der Waals surface area contributed by atoms with Crippen LogP contribution in [-0.2, 0) is 10.1 Å². The van der Waals surface area contributed by atoms with Gasteiger partial charge in [-0.25, -0.2) is 4.79 Å². The number of carbonyl (C=O) groups is 1. The summed E-state index contributed by atoms with van der Waals surface area (Å²) in [6.45, 7) is 0. The van der Waals surface area contributed by atoms with Gasteiger partial charge in [-0.2, -0.15) is 0 Å². The zero-order valence-electron chi connectivity index (χ0n) is 7.21. The van der Waals surface area contributed by atoms with Crippen LogP contribution in [-0.4, -0.2) is 20.9 Å². The van der Waals surface area contributed by atoms with E-state index in [1.807, 2.05) is 0 Å². The zero-order valence-corrected chi connectivity index (χ0v) is 8.80. The summed E-state index contributed by atoms with van der Waals surface area (Å²) in [5.41, 5.74) is 2.03. The quantitative estimate of drug-likeness (QED) is 0.439. The number of carbonyl (C=O) groups excluding carboxylic acids is 1. The molecule has 1 rings (SSSR count). The topological polar surface area (TPSA) is 26.3 Å². The van der Waals surface area contributed by atoms with E-state index in [9.17, 15) is 4.79 Å². The lowest BCUT2D eigenvalue weighted by molar-refractivity contribution is 0.0600. The summed E-state index contributed by atoms with van der Waals surface area (Å²) in [7, 11) is 6.93. The SMILES string of the molecule is [B]c1ccc(C(=O)OC)c(CBr)c1. The first-order chi connectivity index (χ1) is 6.19. The van der Waals surface area contributed by atoms with Gasteiger partial charge in [0.15, 0.2) is 0 Å². The molecule has 0 spiro atoms. The van der Waals surface area contributed by atoms with Crippen molar-refractivity contribution in [3.05, 3.63) is 29.3 Å². The Morgan fingerprint density at radius 2 is 2.31 bits per heavy atom. The molecular formula is C9H8BBrO2. The summed E-state index contributed by atoms with van der Waals surface area (Å²) in [4.78, 5) is 11.2. The number of hydrogen-bond acceptors (Lipinski definition) is 2. The Balaban J connectivity index is 3.13. The number of rotatable bonds is 2. The van der Waals surface area contributed by atoms with E-state index in [0.717, 1.165) is 5.56 Å². The molecule has 0 aliphatic heterocycles. The molecule has 0 aliphatic rings. The lowest BCUT2D eigenvalue weighted by atomic mass is 9.92. The lowest BCUT2D eigenvalue weighted by Crippen LogP contribution is -2.10. The van der Waals surface area contributed by atoms with E-state index in [0.29, 0.717) is 16.4 Å². The lowest BCUT2D eigenvalue weighted by Gasteiger charge is -2.05. The molecule has 0 saturated heterocycles. The first-order valence-electron chi connectivity index (χ1n) is 3.71. The van der Waals surface area contributed by atoms with E-state index in [4.69, 9.17) is 7.85 Å². The molecule has 0 bridgehead atoms. The van der Waals surface area contributed by atoms with Crippen LogP contribution < -0.4 is 5.46 Å². The van der Waals surface area contributed by atoms with Gasteiger partial charge in [0, 0.05) is 5.33 Å². The standard InChI is InChI=1S/C9H8BBrO2/c1-13-9(12)8-3-2-7(10)4-6(8)5-11/h2-4H,5H2,1H3. The third kappa shape index (κ3) is 2.34. The van der Waals surface area contributed by atoms with Crippen molar-refractivity contribution in [1.29, 1.82) is 0 Å². The van der Waals surface area contributed by atoms with Gasteiger partial charge in [0.25, 0.3) is 0 Å². The van der Waals surface area contributed by atoms with Gasteiger partial charge < -0.3 is 4.74 Å². The molecule has 0 heterocycles. The van der Waals surface area contributed by atoms with Gasteiger partial charge in [0.2, 0.25) is 0 Å². The Bertz CT molecular complexity index is 325. The van der Waals surface area contributed by atoms with Gasteiger partial charge in [-0.3, -0.25) is 0 Å². The summed E-state index contributed by atoms with van der Waals surface area (Å²) in [6.07, 6.45) is 0. The Morgan fingerprint density at radius 3 is 2.85 bits per heavy atom. The van der Waals surface area contributed by atoms with Gasteiger partial charge in [0.05, 0.1) is 12.7 Å². The van der Waals surface area contributed by atoms with E-state index in [2.05, 4.69) is 20.7 Å². The highest BCUT2D eigenvalue weighted by atomic mass is 79.9. The Hall–Kier alpha value is -0.765. The second-order valence-electron chi connectivity index (χ2n) is 2.54.